The van der Waals surface area contributed by atoms with Crippen molar-refractivity contribution in [3.05, 3.63) is 29.8 Å². The van der Waals surface area contributed by atoms with E-state index in [1.807, 2.05) is 12.1 Å². The van der Waals surface area contributed by atoms with Crippen molar-refractivity contribution >= 4 is 5.97 Å². The molecule has 16 heavy (non-hydrogen) atoms. The van der Waals surface area contributed by atoms with Crippen LogP contribution in [0.3, 0.4) is 0 Å². The Labute approximate surface area is 96.4 Å². The van der Waals surface area contributed by atoms with Gasteiger partial charge in [0.25, 0.3) is 0 Å². The number of aryl methyl sites for hydroxylation is 1. The Bertz CT molecular complexity index is 316. The summed E-state index contributed by atoms with van der Waals surface area (Å²) in [5, 5.41) is 0. The summed E-state index contributed by atoms with van der Waals surface area (Å²) < 4.78 is 10.2. The summed E-state index contributed by atoms with van der Waals surface area (Å²) in [5.74, 6) is 0.536. The molecule has 0 saturated carbocycles. The molecule has 1 aromatic carbocycles. The van der Waals surface area contributed by atoms with Gasteiger partial charge in [0.05, 0.1) is 0 Å². The molecule has 0 amide bonds. The average molecular weight is 222 g/mol. The van der Waals surface area contributed by atoms with E-state index in [-0.39, 0.29) is 5.97 Å². The van der Waals surface area contributed by atoms with Gasteiger partial charge in [-0.2, -0.15) is 0 Å². The molecule has 0 saturated heterocycles. The molecular formula is C13H18O3. The fourth-order valence-corrected chi connectivity index (χ4v) is 1.39. The van der Waals surface area contributed by atoms with Crippen LogP contribution in [0.25, 0.3) is 0 Å². The van der Waals surface area contributed by atoms with Crippen molar-refractivity contribution in [2.75, 3.05) is 13.2 Å². The van der Waals surface area contributed by atoms with Gasteiger partial charge in [-0.1, -0.05) is 25.5 Å². The Balaban J connectivity index is 2.29. The van der Waals surface area contributed by atoms with E-state index in [4.69, 9.17) is 9.47 Å². The van der Waals surface area contributed by atoms with Gasteiger partial charge in [0, 0.05) is 6.92 Å². The van der Waals surface area contributed by atoms with Gasteiger partial charge in [-0.05, 0) is 24.1 Å². The lowest BCUT2D eigenvalue weighted by Gasteiger charge is -2.06. The monoisotopic (exact) mass is 222 g/mol. The average Bonchev–Trinajstić information content (AvgIpc) is 2.27. The minimum Gasteiger partial charge on any atom is -0.490 e. The third kappa shape index (κ3) is 4.82. The highest BCUT2D eigenvalue weighted by molar-refractivity contribution is 5.65. The molecule has 0 N–H and O–H groups in total. The van der Waals surface area contributed by atoms with Crippen LogP contribution in [0.1, 0.15) is 25.8 Å². The van der Waals surface area contributed by atoms with Gasteiger partial charge in [0.2, 0.25) is 0 Å². The van der Waals surface area contributed by atoms with E-state index >= 15 is 0 Å². The van der Waals surface area contributed by atoms with E-state index in [1.54, 1.807) is 0 Å². The Hall–Kier alpha value is -1.51. The van der Waals surface area contributed by atoms with E-state index in [2.05, 4.69) is 19.1 Å². The number of rotatable bonds is 6. The quantitative estimate of drug-likeness (QED) is 0.548. The number of ether oxygens (including phenoxy) is 2. The van der Waals surface area contributed by atoms with E-state index in [0.29, 0.717) is 13.2 Å². The van der Waals surface area contributed by atoms with Crippen molar-refractivity contribution < 1.29 is 14.3 Å². The lowest BCUT2D eigenvalue weighted by Crippen LogP contribution is -2.09. The zero-order chi connectivity index (χ0) is 11.8. The Kier molecular flexibility index (Phi) is 5.40. The second-order valence-electron chi connectivity index (χ2n) is 3.58. The molecule has 3 nitrogen and oxygen atoms in total. The van der Waals surface area contributed by atoms with E-state index < -0.39 is 0 Å². The second-order valence-corrected chi connectivity index (χ2v) is 3.58. The third-order valence-corrected chi connectivity index (χ3v) is 2.12. The fraction of sp³-hybridized carbons (Fsp3) is 0.462. The first-order valence-corrected chi connectivity index (χ1v) is 5.57. The smallest absolute Gasteiger partial charge is 0.302 e. The number of carbonyl (C=O) groups is 1. The number of carbonyl (C=O) groups excluding carboxylic acids is 1. The number of esters is 1. The lowest BCUT2D eigenvalue weighted by atomic mass is 10.1. The predicted molar refractivity (Wildman–Crippen MR) is 62.6 cm³/mol. The maximum Gasteiger partial charge on any atom is 0.302 e. The fourth-order valence-electron chi connectivity index (χ4n) is 1.39. The van der Waals surface area contributed by atoms with Crippen LogP contribution in [-0.2, 0) is 16.0 Å². The van der Waals surface area contributed by atoms with Gasteiger partial charge in [-0.3, -0.25) is 4.79 Å². The molecule has 0 aliphatic heterocycles. The van der Waals surface area contributed by atoms with Crippen molar-refractivity contribution in [3.8, 4) is 5.75 Å². The molecule has 0 atom stereocenters. The molecule has 1 aromatic rings. The molecule has 0 heterocycles. The molecule has 3 heteroatoms. The molecule has 0 unspecified atom stereocenters. The second kappa shape index (κ2) is 6.88. The molecule has 88 valence electrons. The topological polar surface area (TPSA) is 35.5 Å². The van der Waals surface area contributed by atoms with Crippen LogP contribution >= 0.6 is 0 Å². The van der Waals surface area contributed by atoms with Gasteiger partial charge in [-0.15, -0.1) is 0 Å². The number of hydrogen-bond acceptors (Lipinski definition) is 3. The molecule has 0 bridgehead atoms. The zero-order valence-electron chi connectivity index (χ0n) is 9.86. The molecule has 0 radical (unpaired) electrons. The van der Waals surface area contributed by atoms with Crippen molar-refractivity contribution in [2.24, 2.45) is 0 Å². The van der Waals surface area contributed by atoms with Gasteiger partial charge < -0.3 is 9.47 Å². The van der Waals surface area contributed by atoms with Gasteiger partial charge in [0.15, 0.2) is 0 Å². The molecule has 0 fully saturated rings. The first-order valence-electron chi connectivity index (χ1n) is 5.57. The minimum atomic E-state index is -0.276. The Morgan fingerprint density at radius 2 is 1.88 bits per heavy atom. The molecule has 0 aromatic heterocycles. The summed E-state index contributed by atoms with van der Waals surface area (Å²) in [6, 6.07) is 8.01. The molecule has 0 spiro atoms. The lowest BCUT2D eigenvalue weighted by molar-refractivity contribution is -0.141. The highest BCUT2D eigenvalue weighted by atomic mass is 16.6. The number of benzene rings is 1. The minimum absolute atomic E-state index is 0.276. The summed E-state index contributed by atoms with van der Waals surface area (Å²) in [6.07, 6.45) is 2.24. The Morgan fingerprint density at radius 1 is 1.19 bits per heavy atom. The van der Waals surface area contributed by atoms with Crippen LogP contribution in [-0.4, -0.2) is 19.2 Å². The van der Waals surface area contributed by atoms with Gasteiger partial charge in [0.1, 0.15) is 19.0 Å². The van der Waals surface area contributed by atoms with E-state index in [9.17, 15) is 4.79 Å². The van der Waals surface area contributed by atoms with Gasteiger partial charge in [-0.25, -0.2) is 0 Å². The SMILES string of the molecule is CCCc1ccc(OCCOC(C)=O)cc1. The van der Waals surface area contributed by atoms with Gasteiger partial charge >= 0.3 is 5.97 Å². The molecule has 1 rings (SSSR count). The predicted octanol–water partition coefficient (Wildman–Crippen LogP) is 2.58. The maximum absolute atomic E-state index is 10.5. The molecule has 0 aliphatic carbocycles. The van der Waals surface area contributed by atoms with E-state index in [1.165, 1.54) is 12.5 Å². The van der Waals surface area contributed by atoms with Crippen molar-refractivity contribution in [3.63, 3.8) is 0 Å². The molecule has 0 aliphatic rings. The summed E-state index contributed by atoms with van der Waals surface area (Å²) in [4.78, 5) is 10.5. The third-order valence-electron chi connectivity index (χ3n) is 2.12. The van der Waals surface area contributed by atoms with Crippen LogP contribution in [0.15, 0.2) is 24.3 Å². The Morgan fingerprint density at radius 3 is 2.44 bits per heavy atom. The first-order chi connectivity index (χ1) is 7.72. The summed E-state index contributed by atoms with van der Waals surface area (Å²) >= 11 is 0. The maximum atomic E-state index is 10.5. The normalized spacial score (nSPS) is 9.88. The van der Waals surface area contributed by atoms with Crippen molar-refractivity contribution in [1.29, 1.82) is 0 Å². The van der Waals surface area contributed by atoms with Crippen LogP contribution < -0.4 is 4.74 Å². The summed E-state index contributed by atoms with van der Waals surface area (Å²) in [6.45, 7) is 4.24. The van der Waals surface area contributed by atoms with E-state index in [0.717, 1.165) is 18.6 Å². The first kappa shape index (κ1) is 12.6. The number of hydrogen-bond donors (Lipinski definition) is 0. The van der Waals surface area contributed by atoms with Crippen molar-refractivity contribution in [1.82, 2.24) is 0 Å². The highest BCUT2D eigenvalue weighted by Gasteiger charge is 1.96. The largest absolute Gasteiger partial charge is 0.490 e. The van der Waals surface area contributed by atoms with Crippen LogP contribution in [0.5, 0.6) is 5.75 Å². The van der Waals surface area contributed by atoms with Crippen LogP contribution in [0.4, 0.5) is 0 Å². The standard InChI is InChI=1S/C13H18O3/c1-3-4-12-5-7-13(8-6-12)16-10-9-15-11(2)14/h5-8H,3-4,9-10H2,1-2H3. The van der Waals surface area contributed by atoms with Crippen LogP contribution in [0.2, 0.25) is 0 Å². The zero-order valence-corrected chi connectivity index (χ0v) is 9.86. The van der Waals surface area contributed by atoms with Crippen LogP contribution in [0, 0.1) is 0 Å². The van der Waals surface area contributed by atoms with Crippen molar-refractivity contribution in [2.45, 2.75) is 26.7 Å². The summed E-state index contributed by atoms with van der Waals surface area (Å²) in [7, 11) is 0. The molecular weight excluding hydrogens is 204 g/mol. The summed E-state index contributed by atoms with van der Waals surface area (Å²) in [5.41, 5.74) is 1.31. The highest BCUT2D eigenvalue weighted by Crippen LogP contribution is 2.13.